The van der Waals surface area contributed by atoms with E-state index in [2.05, 4.69) is 4.98 Å². The Labute approximate surface area is 110 Å². The van der Waals surface area contributed by atoms with Crippen LogP contribution in [0.25, 0.3) is 0 Å². The maximum absolute atomic E-state index is 10.1. The molecular weight excluding hydrogens is 257 g/mol. The molecule has 1 atom stereocenters. The number of rotatable bonds is 3. The minimum atomic E-state index is -0.722. The molecule has 0 aliphatic rings. The first-order chi connectivity index (χ1) is 8.18. The first-order valence-corrected chi connectivity index (χ1v) is 5.95. The molecule has 1 unspecified atom stereocenters. The average Bonchev–Trinajstić information content (AvgIpc) is 2.30. The number of benzene rings is 1. The zero-order chi connectivity index (χ0) is 12.3. The molecule has 17 heavy (non-hydrogen) atoms. The van der Waals surface area contributed by atoms with Crippen LogP contribution < -0.4 is 0 Å². The zero-order valence-electron chi connectivity index (χ0n) is 8.98. The summed E-state index contributed by atoms with van der Waals surface area (Å²) in [6.07, 6.45) is 3.13. The fraction of sp³-hybridized carbons (Fsp3) is 0.154. The van der Waals surface area contributed by atoms with Gasteiger partial charge in [0.1, 0.15) is 0 Å². The molecule has 88 valence electrons. The van der Waals surface area contributed by atoms with E-state index in [1.807, 2.05) is 12.1 Å². The van der Waals surface area contributed by atoms with Crippen molar-refractivity contribution in [1.29, 1.82) is 0 Å². The number of halogens is 2. The second kappa shape index (κ2) is 5.50. The molecule has 0 radical (unpaired) electrons. The predicted molar refractivity (Wildman–Crippen MR) is 69.4 cm³/mol. The van der Waals surface area contributed by atoms with Crippen LogP contribution in [-0.4, -0.2) is 10.1 Å². The first kappa shape index (κ1) is 12.4. The normalized spacial score (nSPS) is 12.4. The molecule has 0 saturated carbocycles. The lowest BCUT2D eigenvalue weighted by atomic mass is 10.0. The summed E-state index contributed by atoms with van der Waals surface area (Å²) in [5, 5.41) is 11.1. The van der Waals surface area contributed by atoms with Crippen LogP contribution >= 0.6 is 23.2 Å². The fourth-order valence-corrected chi connectivity index (χ4v) is 2.32. The van der Waals surface area contributed by atoms with Crippen molar-refractivity contribution in [3.63, 3.8) is 0 Å². The van der Waals surface area contributed by atoms with Crippen LogP contribution in [0.5, 0.6) is 0 Å². The van der Waals surface area contributed by atoms with E-state index in [-0.39, 0.29) is 0 Å². The van der Waals surface area contributed by atoms with Gasteiger partial charge in [0.15, 0.2) is 0 Å². The lowest BCUT2D eigenvalue weighted by Crippen LogP contribution is -2.03. The van der Waals surface area contributed by atoms with Gasteiger partial charge in [-0.15, -0.1) is 0 Å². The summed E-state index contributed by atoms with van der Waals surface area (Å²) < 4.78 is 0. The van der Waals surface area contributed by atoms with Gasteiger partial charge in [-0.05, 0) is 23.8 Å². The van der Waals surface area contributed by atoms with Crippen molar-refractivity contribution in [2.75, 3.05) is 0 Å². The molecule has 0 aliphatic heterocycles. The van der Waals surface area contributed by atoms with Gasteiger partial charge in [-0.1, -0.05) is 35.3 Å². The number of pyridine rings is 1. The van der Waals surface area contributed by atoms with E-state index in [9.17, 15) is 5.11 Å². The topological polar surface area (TPSA) is 33.1 Å². The van der Waals surface area contributed by atoms with Crippen molar-refractivity contribution in [3.05, 3.63) is 63.9 Å². The lowest BCUT2D eigenvalue weighted by molar-refractivity contribution is 0.178. The van der Waals surface area contributed by atoms with Crippen LogP contribution in [0.3, 0.4) is 0 Å². The fourth-order valence-electron chi connectivity index (χ4n) is 1.67. The smallest absolute Gasteiger partial charge is 0.0859 e. The maximum atomic E-state index is 10.1. The van der Waals surface area contributed by atoms with Crippen molar-refractivity contribution in [2.45, 2.75) is 12.5 Å². The Morgan fingerprint density at radius 3 is 2.41 bits per heavy atom. The molecule has 4 heteroatoms. The van der Waals surface area contributed by atoms with Gasteiger partial charge in [-0.2, -0.15) is 0 Å². The highest BCUT2D eigenvalue weighted by Crippen LogP contribution is 2.31. The molecule has 2 nitrogen and oxygen atoms in total. The Balaban J connectivity index is 2.23. The molecular formula is C13H11Cl2NO. The molecule has 0 fully saturated rings. The standard InChI is InChI=1S/C13H11Cl2NO/c14-10-4-1-5-11(15)13(10)12(17)7-9-3-2-6-16-8-9/h1-6,8,12,17H,7H2. The summed E-state index contributed by atoms with van der Waals surface area (Å²) in [5.41, 5.74) is 1.51. The van der Waals surface area contributed by atoms with Crippen LogP contribution in [0, 0.1) is 0 Å². The van der Waals surface area contributed by atoms with Crippen molar-refractivity contribution < 1.29 is 5.11 Å². The average molecular weight is 268 g/mol. The van der Waals surface area contributed by atoms with Crippen LogP contribution in [0.15, 0.2) is 42.7 Å². The Morgan fingerprint density at radius 2 is 1.82 bits per heavy atom. The molecule has 1 aromatic heterocycles. The third kappa shape index (κ3) is 2.97. The second-order valence-corrected chi connectivity index (χ2v) is 4.53. The molecule has 0 bridgehead atoms. The summed E-state index contributed by atoms with van der Waals surface area (Å²) in [6, 6.07) is 8.92. The monoisotopic (exact) mass is 267 g/mol. The van der Waals surface area contributed by atoms with Gasteiger partial charge in [0.25, 0.3) is 0 Å². The molecule has 0 amide bonds. The molecule has 2 aromatic rings. The SMILES string of the molecule is OC(Cc1cccnc1)c1c(Cl)cccc1Cl. The van der Waals surface area contributed by atoms with E-state index < -0.39 is 6.10 Å². The minimum absolute atomic E-state index is 0.442. The quantitative estimate of drug-likeness (QED) is 0.921. The third-order valence-electron chi connectivity index (χ3n) is 2.48. The number of nitrogens with zero attached hydrogens (tertiary/aromatic N) is 1. The van der Waals surface area contributed by atoms with Gasteiger partial charge < -0.3 is 5.11 Å². The summed E-state index contributed by atoms with van der Waals surface area (Å²) in [4.78, 5) is 4.00. The highest BCUT2D eigenvalue weighted by atomic mass is 35.5. The summed E-state index contributed by atoms with van der Waals surface area (Å²) >= 11 is 12.1. The Kier molecular flexibility index (Phi) is 4.00. The zero-order valence-corrected chi connectivity index (χ0v) is 10.5. The summed E-state index contributed by atoms with van der Waals surface area (Å²) in [5.74, 6) is 0. The maximum Gasteiger partial charge on any atom is 0.0859 e. The lowest BCUT2D eigenvalue weighted by Gasteiger charge is -2.14. The van der Waals surface area contributed by atoms with E-state index in [4.69, 9.17) is 23.2 Å². The number of hydrogen-bond donors (Lipinski definition) is 1. The molecule has 1 aromatic carbocycles. The summed E-state index contributed by atoms with van der Waals surface area (Å²) in [6.45, 7) is 0. The van der Waals surface area contributed by atoms with E-state index in [0.29, 0.717) is 22.0 Å². The second-order valence-electron chi connectivity index (χ2n) is 3.72. The van der Waals surface area contributed by atoms with Crippen LogP contribution in [0.2, 0.25) is 10.0 Å². The van der Waals surface area contributed by atoms with Gasteiger partial charge in [0.2, 0.25) is 0 Å². The molecule has 2 rings (SSSR count). The van der Waals surface area contributed by atoms with Crippen LogP contribution in [0.4, 0.5) is 0 Å². The molecule has 0 saturated heterocycles. The first-order valence-electron chi connectivity index (χ1n) is 5.19. The van der Waals surface area contributed by atoms with Crippen LogP contribution in [-0.2, 0) is 6.42 Å². The minimum Gasteiger partial charge on any atom is -0.388 e. The molecule has 0 aliphatic carbocycles. The highest BCUT2D eigenvalue weighted by molar-refractivity contribution is 6.36. The van der Waals surface area contributed by atoms with E-state index in [1.165, 1.54) is 0 Å². The Hall–Kier alpha value is -1.09. The third-order valence-corrected chi connectivity index (χ3v) is 3.14. The predicted octanol–water partition coefficient (Wildman–Crippen LogP) is 3.66. The van der Waals surface area contributed by atoms with Gasteiger partial charge >= 0.3 is 0 Å². The van der Waals surface area contributed by atoms with Gasteiger partial charge in [-0.3, -0.25) is 4.98 Å². The number of hydrogen-bond acceptors (Lipinski definition) is 2. The van der Waals surface area contributed by atoms with Crippen molar-refractivity contribution >= 4 is 23.2 Å². The largest absolute Gasteiger partial charge is 0.388 e. The highest BCUT2D eigenvalue weighted by Gasteiger charge is 2.15. The molecule has 1 heterocycles. The van der Waals surface area contributed by atoms with E-state index in [1.54, 1.807) is 30.6 Å². The number of aliphatic hydroxyl groups is 1. The van der Waals surface area contributed by atoms with Gasteiger partial charge in [-0.25, -0.2) is 0 Å². The van der Waals surface area contributed by atoms with E-state index in [0.717, 1.165) is 5.56 Å². The van der Waals surface area contributed by atoms with Gasteiger partial charge in [0.05, 0.1) is 6.10 Å². The molecule has 1 N–H and O–H groups in total. The number of aromatic nitrogens is 1. The Bertz CT molecular complexity index is 482. The van der Waals surface area contributed by atoms with Crippen molar-refractivity contribution in [3.8, 4) is 0 Å². The van der Waals surface area contributed by atoms with E-state index >= 15 is 0 Å². The van der Waals surface area contributed by atoms with Gasteiger partial charge in [0, 0.05) is 34.4 Å². The Morgan fingerprint density at radius 1 is 1.12 bits per heavy atom. The van der Waals surface area contributed by atoms with Crippen LogP contribution in [0.1, 0.15) is 17.2 Å². The molecule has 0 spiro atoms. The van der Waals surface area contributed by atoms with Crippen molar-refractivity contribution in [2.24, 2.45) is 0 Å². The number of aliphatic hydroxyl groups excluding tert-OH is 1. The summed E-state index contributed by atoms with van der Waals surface area (Å²) in [7, 11) is 0. The van der Waals surface area contributed by atoms with Crippen molar-refractivity contribution in [1.82, 2.24) is 4.98 Å².